The molecule has 7 N–H and O–H groups in total. The van der Waals surface area contributed by atoms with Gasteiger partial charge in [0.15, 0.2) is 11.4 Å². The summed E-state index contributed by atoms with van der Waals surface area (Å²) in [7, 11) is 2.97. The van der Waals surface area contributed by atoms with Gasteiger partial charge in [0.05, 0.1) is 17.5 Å². The second-order valence-electron chi connectivity index (χ2n) is 8.73. The zero-order chi connectivity index (χ0) is 24.6. The van der Waals surface area contributed by atoms with E-state index < -0.39 is 81.3 Å². The van der Waals surface area contributed by atoms with Crippen molar-refractivity contribution in [1.29, 1.82) is 0 Å². The fourth-order valence-corrected chi connectivity index (χ4v) is 5.54. The molecule has 174 valence electrons. The van der Waals surface area contributed by atoms with Crippen molar-refractivity contribution in [2.75, 3.05) is 14.1 Å². The number of phenolic OH excluding ortho intramolecular Hbond substituents is 1. The number of rotatable bonds is 3. The number of allylic oxidation sites excluding steroid dienone is 1. The quantitative estimate of drug-likeness (QED) is 0.328. The number of carbonyl (C=O) groups excluding carboxylic acids is 3. The number of aliphatic hydroxyl groups is 3. The minimum Gasteiger partial charge on any atom is -0.510 e. The van der Waals surface area contributed by atoms with Gasteiger partial charge in [-0.05, 0) is 32.1 Å². The number of aromatic hydroxyl groups is 1. The highest BCUT2D eigenvalue weighted by atomic mass is 16.4. The number of carbonyl (C=O) groups is 4. The molecule has 0 radical (unpaired) electrons. The van der Waals surface area contributed by atoms with E-state index in [-0.39, 0.29) is 17.5 Å². The fraction of sp³-hybridized carbons (Fsp3) is 0.364. The molecule has 0 saturated heterocycles. The number of aliphatic carboxylic acids is 1. The molecular formula is C22H22N2O9. The summed E-state index contributed by atoms with van der Waals surface area (Å²) >= 11 is 0. The third-order valence-electron chi connectivity index (χ3n) is 6.87. The Bertz CT molecular complexity index is 1200. The van der Waals surface area contributed by atoms with Crippen molar-refractivity contribution in [3.8, 4) is 5.75 Å². The van der Waals surface area contributed by atoms with Gasteiger partial charge in [0.25, 0.3) is 5.91 Å². The number of carboxylic acids is 1. The first-order valence-electron chi connectivity index (χ1n) is 10.0. The summed E-state index contributed by atoms with van der Waals surface area (Å²) < 4.78 is 0. The predicted octanol–water partition coefficient (Wildman–Crippen LogP) is -0.254. The molecule has 3 aliphatic rings. The Hall–Kier alpha value is -3.70. The normalized spacial score (nSPS) is 31.3. The number of amides is 1. The summed E-state index contributed by atoms with van der Waals surface area (Å²) in [6, 6.07) is 2.73. The number of primary amides is 1. The Morgan fingerprint density at radius 2 is 1.79 bits per heavy atom. The van der Waals surface area contributed by atoms with E-state index in [1.165, 1.54) is 37.2 Å². The Morgan fingerprint density at radius 3 is 2.33 bits per heavy atom. The third-order valence-corrected chi connectivity index (χ3v) is 6.87. The van der Waals surface area contributed by atoms with Crippen molar-refractivity contribution in [2.45, 2.75) is 24.0 Å². The molecule has 0 fully saturated rings. The summed E-state index contributed by atoms with van der Waals surface area (Å²) in [6.07, 6.45) is -0.307. The summed E-state index contributed by atoms with van der Waals surface area (Å²) in [5.41, 5.74) is 0.656. The van der Waals surface area contributed by atoms with Gasteiger partial charge in [-0.2, -0.15) is 0 Å². The molecule has 3 aliphatic carbocycles. The second kappa shape index (κ2) is 7.15. The van der Waals surface area contributed by atoms with Gasteiger partial charge in [0, 0.05) is 17.4 Å². The third kappa shape index (κ3) is 2.75. The first-order chi connectivity index (χ1) is 15.3. The number of benzene rings is 1. The van der Waals surface area contributed by atoms with Gasteiger partial charge in [-0.15, -0.1) is 0 Å². The zero-order valence-electron chi connectivity index (χ0n) is 17.6. The summed E-state index contributed by atoms with van der Waals surface area (Å²) in [5.74, 6) is -11.3. The first-order valence-corrected chi connectivity index (χ1v) is 10.0. The summed E-state index contributed by atoms with van der Waals surface area (Å²) in [4.78, 5) is 52.1. The molecule has 4 rings (SSSR count). The van der Waals surface area contributed by atoms with E-state index in [2.05, 4.69) is 0 Å². The lowest BCUT2D eigenvalue weighted by Crippen LogP contribution is -2.64. The van der Waals surface area contributed by atoms with Crippen LogP contribution < -0.4 is 5.73 Å². The molecule has 5 atom stereocenters. The number of fused-ring (bicyclic) bond motifs is 3. The van der Waals surface area contributed by atoms with Crippen molar-refractivity contribution in [3.05, 3.63) is 52.0 Å². The molecule has 0 heterocycles. The lowest BCUT2D eigenvalue weighted by molar-refractivity contribution is -0.149. The molecule has 0 unspecified atom stereocenters. The van der Waals surface area contributed by atoms with E-state index in [0.717, 1.165) is 0 Å². The van der Waals surface area contributed by atoms with Gasteiger partial charge >= 0.3 is 5.97 Å². The predicted molar refractivity (Wildman–Crippen MR) is 110 cm³/mol. The van der Waals surface area contributed by atoms with Crippen molar-refractivity contribution < 1.29 is 44.7 Å². The molecule has 11 nitrogen and oxygen atoms in total. The largest absolute Gasteiger partial charge is 0.510 e. The Kier molecular flexibility index (Phi) is 4.88. The molecule has 0 aromatic heterocycles. The second-order valence-corrected chi connectivity index (χ2v) is 8.73. The smallest absolute Gasteiger partial charge is 0.311 e. The number of phenols is 1. The van der Waals surface area contributed by atoms with Crippen LogP contribution in [0.5, 0.6) is 5.75 Å². The molecule has 0 aliphatic heterocycles. The first kappa shape index (κ1) is 22.5. The lowest BCUT2D eigenvalue weighted by Gasteiger charge is -2.51. The van der Waals surface area contributed by atoms with Crippen LogP contribution in [0.3, 0.4) is 0 Å². The molecule has 11 heteroatoms. The number of carboxylic acid groups (broad SMARTS) is 1. The summed E-state index contributed by atoms with van der Waals surface area (Å²) in [6.45, 7) is 0. The van der Waals surface area contributed by atoms with Gasteiger partial charge < -0.3 is 31.3 Å². The van der Waals surface area contributed by atoms with Gasteiger partial charge in [-0.25, -0.2) is 0 Å². The molecule has 33 heavy (non-hydrogen) atoms. The molecular weight excluding hydrogens is 436 g/mol. The van der Waals surface area contributed by atoms with Gasteiger partial charge in [-0.3, -0.25) is 24.1 Å². The van der Waals surface area contributed by atoms with Crippen LogP contribution in [0.1, 0.15) is 28.3 Å². The highest BCUT2D eigenvalue weighted by molar-refractivity contribution is 6.25. The van der Waals surface area contributed by atoms with E-state index in [1.807, 2.05) is 0 Å². The van der Waals surface area contributed by atoms with E-state index >= 15 is 0 Å². The molecule has 0 saturated carbocycles. The van der Waals surface area contributed by atoms with Crippen molar-refractivity contribution in [3.63, 3.8) is 0 Å². The van der Waals surface area contributed by atoms with Crippen molar-refractivity contribution in [1.82, 2.24) is 4.90 Å². The minimum atomic E-state index is -2.82. The number of ketones is 2. The average molecular weight is 458 g/mol. The topological polar surface area (TPSA) is 199 Å². The van der Waals surface area contributed by atoms with Crippen LogP contribution in [0.15, 0.2) is 40.9 Å². The molecule has 0 bridgehead atoms. The number of hydrogen-bond donors (Lipinski definition) is 6. The summed E-state index contributed by atoms with van der Waals surface area (Å²) in [5, 5.41) is 53.6. The van der Waals surface area contributed by atoms with Crippen LogP contribution in [-0.2, 0) is 14.4 Å². The fourth-order valence-electron chi connectivity index (χ4n) is 5.54. The highest BCUT2D eigenvalue weighted by Crippen LogP contribution is 2.55. The Balaban J connectivity index is 2.05. The average Bonchev–Trinajstić information content (AvgIpc) is 2.70. The number of Topliss-reactive ketones (excluding diaryl/α,β-unsaturated/α-hetero) is 2. The molecule has 1 amide bonds. The zero-order valence-corrected chi connectivity index (χ0v) is 17.6. The standard InChI is InChI=1S/C22H22N2O9/c1-24(2)15-9-6-8-11(21(31)32)7-4-3-5-10(25)12(7)16(26)13(8)18(28)22(9,33)19(29)14(17(15)27)20(23)30/h3-5,8-9,11,15,25,27-28,33H,6H2,1-2H3,(H2,23,30)(H,31,32)/t8-,9+,11+,15+,22+/m1/s1. The maximum atomic E-state index is 13.3. The monoisotopic (exact) mass is 458 g/mol. The van der Waals surface area contributed by atoms with Crippen LogP contribution in [0, 0.1) is 11.8 Å². The molecule has 1 aromatic carbocycles. The Morgan fingerprint density at radius 1 is 1.15 bits per heavy atom. The molecule has 1 aromatic rings. The van der Waals surface area contributed by atoms with Crippen LogP contribution in [-0.4, -0.2) is 79.6 Å². The van der Waals surface area contributed by atoms with E-state index in [9.17, 15) is 44.7 Å². The van der Waals surface area contributed by atoms with Crippen molar-refractivity contribution in [2.24, 2.45) is 17.6 Å². The van der Waals surface area contributed by atoms with Crippen LogP contribution in [0.25, 0.3) is 0 Å². The number of nitrogens with two attached hydrogens (primary N) is 1. The van der Waals surface area contributed by atoms with Gasteiger partial charge in [0.2, 0.25) is 5.78 Å². The van der Waals surface area contributed by atoms with E-state index in [4.69, 9.17) is 5.73 Å². The minimum absolute atomic E-state index is 0.0283. The van der Waals surface area contributed by atoms with Gasteiger partial charge in [-0.1, -0.05) is 12.1 Å². The van der Waals surface area contributed by atoms with E-state index in [0.29, 0.717) is 0 Å². The van der Waals surface area contributed by atoms with E-state index in [1.54, 1.807) is 0 Å². The lowest BCUT2D eigenvalue weighted by atomic mass is 9.56. The maximum absolute atomic E-state index is 13.3. The number of aliphatic hydroxyl groups excluding tert-OH is 2. The number of nitrogens with zero attached hydrogens (tertiary/aromatic N) is 1. The van der Waals surface area contributed by atoms with Crippen LogP contribution in [0.2, 0.25) is 0 Å². The maximum Gasteiger partial charge on any atom is 0.311 e. The van der Waals surface area contributed by atoms with Crippen LogP contribution >= 0.6 is 0 Å². The van der Waals surface area contributed by atoms with Gasteiger partial charge in [0.1, 0.15) is 22.8 Å². The number of hydrogen-bond acceptors (Lipinski definition) is 9. The van der Waals surface area contributed by atoms with Crippen LogP contribution in [0.4, 0.5) is 0 Å². The molecule has 0 spiro atoms. The number of likely N-dealkylation sites (N-methyl/N-ethyl adjacent to an activating group) is 1. The SMILES string of the molecule is CN(C)[C@@H]1C(O)=C(C(N)=O)C(=O)[C@@]2(O)C(O)=C3C(=O)c4c(O)cccc4[C@H](C(=O)O)[C@H]3C[C@@H]12. The van der Waals surface area contributed by atoms with Crippen molar-refractivity contribution >= 4 is 23.4 Å². The Labute approximate surface area is 187 Å². The highest BCUT2D eigenvalue weighted by Gasteiger charge is 2.64.